The molecule has 0 spiro atoms. The van der Waals surface area contributed by atoms with Crippen molar-refractivity contribution in [1.29, 1.82) is 0 Å². The summed E-state index contributed by atoms with van der Waals surface area (Å²) in [5.41, 5.74) is 3.24. The van der Waals surface area contributed by atoms with Crippen molar-refractivity contribution in [3.8, 4) is 11.3 Å². The molecule has 0 aliphatic carbocycles. The fraction of sp³-hybridized carbons (Fsp3) is 0.100. The van der Waals surface area contributed by atoms with Gasteiger partial charge in [-0.25, -0.2) is 17.4 Å². The topological polar surface area (TPSA) is 64.8 Å². The predicted octanol–water partition coefficient (Wildman–Crippen LogP) is 4.61. The van der Waals surface area contributed by atoms with Gasteiger partial charge in [0.15, 0.2) is 5.65 Å². The second-order valence-electron chi connectivity index (χ2n) is 6.31. The minimum absolute atomic E-state index is 0.000177. The van der Waals surface area contributed by atoms with Crippen LogP contribution in [-0.2, 0) is 10.0 Å². The van der Waals surface area contributed by atoms with E-state index in [1.165, 1.54) is 3.97 Å². The molecule has 0 radical (unpaired) electrons. The summed E-state index contributed by atoms with van der Waals surface area (Å²) in [4.78, 5) is 8.77. The summed E-state index contributed by atoms with van der Waals surface area (Å²) in [5.74, 6) is 0. The Morgan fingerprint density at radius 2 is 1.59 bits per heavy atom. The average Bonchev–Trinajstić information content (AvgIpc) is 2.98. The normalized spacial score (nSPS) is 11.8. The quantitative estimate of drug-likeness (QED) is 0.474. The second-order valence-corrected chi connectivity index (χ2v) is 8.44. The zero-order valence-corrected chi connectivity index (χ0v) is 16.3. The molecule has 0 fully saturated rings. The number of hydrogen-bond acceptors (Lipinski definition) is 4. The highest BCUT2D eigenvalue weighted by atomic mass is 35.5. The molecule has 7 heteroatoms. The Labute approximate surface area is 162 Å². The summed E-state index contributed by atoms with van der Waals surface area (Å²) >= 11 is 6.14. The lowest BCUT2D eigenvalue weighted by atomic mass is 10.1. The summed E-state index contributed by atoms with van der Waals surface area (Å²) in [5, 5.41) is 0.638. The molecule has 4 rings (SSSR count). The molecule has 0 saturated carbocycles. The van der Waals surface area contributed by atoms with Gasteiger partial charge in [-0.3, -0.25) is 0 Å². The highest BCUT2D eigenvalue weighted by Crippen LogP contribution is 2.32. The van der Waals surface area contributed by atoms with E-state index in [-0.39, 0.29) is 15.8 Å². The van der Waals surface area contributed by atoms with Crippen LogP contribution in [0.25, 0.3) is 22.3 Å². The molecule has 0 bridgehead atoms. The van der Waals surface area contributed by atoms with Crippen LogP contribution in [-0.4, -0.2) is 22.4 Å². The Kier molecular flexibility index (Phi) is 4.25. The number of aromatic nitrogens is 3. The Balaban J connectivity index is 2.02. The fourth-order valence-electron chi connectivity index (χ4n) is 3.09. The molecule has 5 nitrogen and oxygen atoms in total. The summed E-state index contributed by atoms with van der Waals surface area (Å²) in [6.07, 6.45) is 0. The first-order valence-electron chi connectivity index (χ1n) is 8.31. The van der Waals surface area contributed by atoms with Crippen LogP contribution in [0.3, 0.4) is 0 Å². The number of halogens is 1. The molecule has 0 unspecified atom stereocenters. The van der Waals surface area contributed by atoms with Crippen LogP contribution in [0.5, 0.6) is 0 Å². The van der Waals surface area contributed by atoms with Crippen molar-refractivity contribution in [2.45, 2.75) is 18.7 Å². The van der Waals surface area contributed by atoms with E-state index in [4.69, 9.17) is 11.6 Å². The molecule has 0 aliphatic heterocycles. The van der Waals surface area contributed by atoms with Crippen LogP contribution in [0.2, 0.25) is 5.28 Å². The monoisotopic (exact) mass is 397 g/mol. The molecule has 2 aromatic heterocycles. The first-order chi connectivity index (χ1) is 12.9. The van der Waals surface area contributed by atoms with Crippen LogP contribution in [0.15, 0.2) is 65.6 Å². The Bertz CT molecular complexity index is 1250. The van der Waals surface area contributed by atoms with E-state index in [9.17, 15) is 8.42 Å². The molecular weight excluding hydrogens is 382 g/mol. The average molecular weight is 398 g/mol. The molecule has 0 N–H and O–H groups in total. The van der Waals surface area contributed by atoms with Crippen molar-refractivity contribution in [2.75, 3.05) is 0 Å². The van der Waals surface area contributed by atoms with E-state index in [0.29, 0.717) is 16.8 Å². The number of hydrogen-bond donors (Lipinski definition) is 0. The molecule has 0 amide bonds. The molecule has 27 heavy (non-hydrogen) atoms. The Morgan fingerprint density at radius 1 is 0.926 bits per heavy atom. The number of nitrogens with zero attached hydrogens (tertiary/aromatic N) is 3. The van der Waals surface area contributed by atoms with E-state index in [2.05, 4.69) is 9.97 Å². The highest BCUT2D eigenvalue weighted by molar-refractivity contribution is 7.90. The standard InChI is InChI=1S/C20H16ClN3O2S/c1-13-8-10-16(11-9-13)27(25,26)24-14(2)12-17-18(15-6-4-3-5-7-15)22-20(21)23-19(17)24/h3-12H,1-2H3. The maximum atomic E-state index is 13.3. The van der Waals surface area contributed by atoms with Crippen LogP contribution in [0, 0.1) is 13.8 Å². The third-order valence-electron chi connectivity index (χ3n) is 4.37. The zero-order chi connectivity index (χ0) is 19.2. The zero-order valence-electron chi connectivity index (χ0n) is 14.7. The second kappa shape index (κ2) is 6.48. The molecule has 0 aliphatic rings. The lowest BCUT2D eigenvalue weighted by Gasteiger charge is -2.10. The van der Waals surface area contributed by atoms with Gasteiger partial charge >= 0.3 is 0 Å². The lowest BCUT2D eigenvalue weighted by Crippen LogP contribution is -2.15. The summed E-state index contributed by atoms with van der Waals surface area (Å²) in [6, 6.07) is 18.0. The van der Waals surface area contributed by atoms with Crippen LogP contribution >= 0.6 is 11.6 Å². The molecule has 4 aromatic rings. The van der Waals surface area contributed by atoms with Gasteiger partial charge in [-0.05, 0) is 43.6 Å². The minimum Gasteiger partial charge on any atom is -0.221 e. The van der Waals surface area contributed by atoms with Gasteiger partial charge in [-0.2, -0.15) is 4.98 Å². The van der Waals surface area contributed by atoms with Crippen LogP contribution in [0.1, 0.15) is 11.3 Å². The summed E-state index contributed by atoms with van der Waals surface area (Å²) in [6.45, 7) is 3.64. The van der Waals surface area contributed by atoms with Gasteiger partial charge in [-0.1, -0.05) is 48.0 Å². The first kappa shape index (κ1) is 17.7. The molecule has 2 heterocycles. The van der Waals surface area contributed by atoms with Crippen molar-refractivity contribution in [3.63, 3.8) is 0 Å². The number of fused-ring (bicyclic) bond motifs is 1. The number of rotatable bonds is 3. The SMILES string of the molecule is Cc1ccc(S(=O)(=O)n2c(C)cc3c(-c4ccccc4)nc(Cl)nc32)cc1. The maximum absolute atomic E-state index is 13.3. The minimum atomic E-state index is -3.82. The van der Waals surface area contributed by atoms with Gasteiger partial charge in [0, 0.05) is 16.6 Å². The smallest absolute Gasteiger partial charge is 0.221 e. The van der Waals surface area contributed by atoms with E-state index >= 15 is 0 Å². The summed E-state index contributed by atoms with van der Waals surface area (Å²) in [7, 11) is -3.82. The van der Waals surface area contributed by atoms with E-state index in [0.717, 1.165) is 11.1 Å². The van der Waals surface area contributed by atoms with E-state index in [1.54, 1.807) is 37.3 Å². The molecule has 2 aromatic carbocycles. The van der Waals surface area contributed by atoms with Crippen molar-refractivity contribution in [1.82, 2.24) is 13.9 Å². The lowest BCUT2D eigenvalue weighted by molar-refractivity contribution is 0.587. The van der Waals surface area contributed by atoms with Gasteiger partial charge < -0.3 is 0 Å². The maximum Gasteiger partial charge on any atom is 0.269 e. The highest BCUT2D eigenvalue weighted by Gasteiger charge is 2.24. The third kappa shape index (κ3) is 3.01. The predicted molar refractivity (Wildman–Crippen MR) is 106 cm³/mol. The third-order valence-corrected chi connectivity index (χ3v) is 6.35. The van der Waals surface area contributed by atoms with Crippen molar-refractivity contribution >= 4 is 32.7 Å². The van der Waals surface area contributed by atoms with Gasteiger partial charge in [0.05, 0.1) is 10.6 Å². The van der Waals surface area contributed by atoms with Crippen LogP contribution < -0.4 is 0 Å². The number of aryl methyl sites for hydroxylation is 2. The molecular formula is C20H16ClN3O2S. The van der Waals surface area contributed by atoms with Gasteiger partial charge in [0.25, 0.3) is 10.0 Å². The largest absolute Gasteiger partial charge is 0.269 e. The first-order valence-corrected chi connectivity index (χ1v) is 10.1. The van der Waals surface area contributed by atoms with Crippen molar-refractivity contribution in [3.05, 3.63) is 77.2 Å². The molecule has 136 valence electrons. The van der Waals surface area contributed by atoms with Gasteiger partial charge in [-0.15, -0.1) is 0 Å². The summed E-state index contributed by atoms with van der Waals surface area (Å²) < 4.78 is 27.7. The van der Waals surface area contributed by atoms with Crippen molar-refractivity contribution < 1.29 is 8.42 Å². The fourth-order valence-corrected chi connectivity index (χ4v) is 4.74. The van der Waals surface area contributed by atoms with Crippen molar-refractivity contribution in [2.24, 2.45) is 0 Å². The van der Waals surface area contributed by atoms with Gasteiger partial charge in [0.2, 0.25) is 5.28 Å². The molecule has 0 atom stereocenters. The Morgan fingerprint density at radius 3 is 2.26 bits per heavy atom. The number of benzene rings is 2. The Hall–Kier alpha value is -2.70. The van der Waals surface area contributed by atoms with Gasteiger partial charge in [0.1, 0.15) is 0 Å². The molecule has 0 saturated heterocycles. The van der Waals surface area contributed by atoms with Crippen LogP contribution in [0.4, 0.5) is 0 Å². The van der Waals surface area contributed by atoms with E-state index in [1.807, 2.05) is 37.3 Å². The van der Waals surface area contributed by atoms with E-state index < -0.39 is 10.0 Å².